The summed E-state index contributed by atoms with van der Waals surface area (Å²) in [4.78, 5) is 38.6. The van der Waals surface area contributed by atoms with Crippen molar-refractivity contribution in [3.8, 4) is 0 Å². The summed E-state index contributed by atoms with van der Waals surface area (Å²) in [6, 6.07) is 17.6. The Balaban J connectivity index is 1.59. The second kappa shape index (κ2) is 10.3. The quantitative estimate of drug-likeness (QED) is 0.585. The van der Waals surface area contributed by atoms with Crippen LogP contribution < -0.4 is 16.1 Å². The zero-order chi connectivity index (χ0) is 23.2. The van der Waals surface area contributed by atoms with E-state index in [1.54, 1.807) is 11.5 Å². The number of amides is 2. The van der Waals surface area contributed by atoms with E-state index in [0.717, 1.165) is 17.5 Å². The molecule has 2 N–H and O–H groups in total. The predicted molar refractivity (Wildman–Crippen MR) is 125 cm³/mol. The number of hydrogen-bond acceptors (Lipinski definition) is 4. The van der Waals surface area contributed by atoms with E-state index in [2.05, 4.69) is 16.7 Å². The molecule has 33 heavy (non-hydrogen) atoms. The van der Waals surface area contributed by atoms with Gasteiger partial charge in [0.25, 0.3) is 11.8 Å². The molecule has 0 saturated carbocycles. The maximum absolute atomic E-state index is 13.0. The highest BCUT2D eigenvalue weighted by atomic mass is 16.5. The molecule has 3 aromatic rings. The molecule has 1 atom stereocenters. The van der Waals surface area contributed by atoms with E-state index in [0.29, 0.717) is 19.7 Å². The topological polar surface area (TPSA) is 89.4 Å². The molecule has 0 radical (unpaired) electrons. The fourth-order valence-electron chi connectivity index (χ4n) is 4.02. The lowest BCUT2D eigenvalue weighted by atomic mass is 9.97. The van der Waals surface area contributed by atoms with Crippen LogP contribution in [0.1, 0.15) is 50.4 Å². The lowest BCUT2D eigenvalue weighted by Crippen LogP contribution is -2.37. The first-order valence-electron chi connectivity index (χ1n) is 11.1. The van der Waals surface area contributed by atoms with Crippen LogP contribution in [0.4, 0.5) is 0 Å². The highest BCUT2D eigenvalue weighted by Gasteiger charge is 2.23. The molecule has 2 amide bonds. The van der Waals surface area contributed by atoms with E-state index in [1.807, 2.05) is 48.5 Å². The molecule has 4 rings (SSSR count). The molecular formula is C26H27N3O4. The minimum atomic E-state index is -0.590. The summed E-state index contributed by atoms with van der Waals surface area (Å²) in [6.45, 7) is 3.39. The largest absolute Gasteiger partial charge is 0.371 e. The van der Waals surface area contributed by atoms with Crippen LogP contribution in [-0.4, -0.2) is 36.1 Å². The fourth-order valence-corrected chi connectivity index (χ4v) is 4.02. The highest BCUT2D eigenvalue weighted by Crippen LogP contribution is 2.26. The summed E-state index contributed by atoms with van der Waals surface area (Å²) in [6.07, 6.45) is 3.55. The Morgan fingerprint density at radius 2 is 1.64 bits per heavy atom. The number of fused-ring (bicyclic) bond motifs is 1. The lowest BCUT2D eigenvalue weighted by Gasteiger charge is -2.26. The molecule has 0 bridgehead atoms. The van der Waals surface area contributed by atoms with E-state index in [1.165, 1.54) is 18.0 Å². The van der Waals surface area contributed by atoms with Gasteiger partial charge in [-0.2, -0.15) is 0 Å². The minimum Gasteiger partial charge on any atom is -0.371 e. The van der Waals surface area contributed by atoms with E-state index >= 15 is 0 Å². The van der Waals surface area contributed by atoms with Crippen molar-refractivity contribution >= 4 is 11.8 Å². The maximum Gasteiger partial charge on any atom is 0.256 e. The second-order valence-electron chi connectivity index (χ2n) is 7.95. The van der Waals surface area contributed by atoms with Crippen molar-refractivity contribution < 1.29 is 14.3 Å². The number of nitrogens with one attached hydrogen (secondary N) is 2. The molecule has 2 aromatic carbocycles. The molecule has 1 aliphatic rings. The molecule has 1 aliphatic heterocycles. The van der Waals surface area contributed by atoms with Crippen molar-refractivity contribution in [3.05, 3.63) is 105 Å². The summed E-state index contributed by atoms with van der Waals surface area (Å²) >= 11 is 0. The molecule has 7 heteroatoms. The third kappa shape index (κ3) is 5.21. The number of aromatic nitrogens is 1. The number of carbonyl (C=O) groups excluding carboxylic acids is 2. The molecule has 0 fully saturated rings. The first-order chi connectivity index (χ1) is 16.1. The van der Waals surface area contributed by atoms with Gasteiger partial charge in [0.15, 0.2) is 0 Å². The second-order valence-corrected chi connectivity index (χ2v) is 7.95. The Kier molecular flexibility index (Phi) is 7.00. The van der Waals surface area contributed by atoms with Gasteiger partial charge in [-0.15, -0.1) is 0 Å². The zero-order valence-electron chi connectivity index (χ0n) is 18.5. The van der Waals surface area contributed by atoms with Gasteiger partial charge in [0.1, 0.15) is 17.2 Å². The van der Waals surface area contributed by atoms with Gasteiger partial charge in [-0.1, -0.05) is 54.6 Å². The van der Waals surface area contributed by atoms with Gasteiger partial charge in [-0.25, -0.2) is 0 Å². The fraction of sp³-hybridized carbons (Fsp3) is 0.269. The zero-order valence-corrected chi connectivity index (χ0v) is 18.5. The molecular weight excluding hydrogens is 418 g/mol. The van der Waals surface area contributed by atoms with Crippen LogP contribution >= 0.6 is 0 Å². The van der Waals surface area contributed by atoms with Crippen molar-refractivity contribution in [3.63, 3.8) is 0 Å². The monoisotopic (exact) mass is 445 g/mol. The third-order valence-corrected chi connectivity index (χ3v) is 5.65. The smallest absolute Gasteiger partial charge is 0.256 e. The van der Waals surface area contributed by atoms with Gasteiger partial charge in [0.2, 0.25) is 5.43 Å². The van der Waals surface area contributed by atoms with Crippen LogP contribution in [0.15, 0.2) is 71.8 Å². The first kappa shape index (κ1) is 22.5. The number of pyridine rings is 1. The summed E-state index contributed by atoms with van der Waals surface area (Å²) in [5.41, 5.74) is 2.51. The Hall–Kier alpha value is -3.71. The van der Waals surface area contributed by atoms with Crippen LogP contribution in [0.3, 0.4) is 0 Å². The Labute approximate surface area is 192 Å². The SMILES string of the molecule is CCNC(=O)c1cn(Cc2ccccc2)cc(C(=O)NC[C@H]2OCCc3ccccc32)c1=O. The lowest BCUT2D eigenvalue weighted by molar-refractivity contribution is 0.0411. The normalized spacial score (nSPS) is 14.9. The van der Waals surface area contributed by atoms with Gasteiger partial charge >= 0.3 is 0 Å². The standard InChI is InChI=1S/C26H27N3O4/c1-2-27-25(31)21-16-29(15-18-8-4-3-5-9-18)17-22(24(21)30)26(32)28-14-23-20-11-7-6-10-19(20)12-13-33-23/h3-11,16-17,23H,2,12-15H2,1H3,(H,27,31)(H,28,32)/t23-/m1/s1. The van der Waals surface area contributed by atoms with E-state index in [4.69, 9.17) is 4.74 Å². The van der Waals surface area contributed by atoms with Crippen LogP contribution in [0.25, 0.3) is 0 Å². The molecule has 0 saturated heterocycles. The summed E-state index contributed by atoms with van der Waals surface area (Å²) in [5, 5.41) is 5.48. The average Bonchev–Trinajstić information content (AvgIpc) is 2.84. The predicted octanol–water partition coefficient (Wildman–Crippen LogP) is 2.69. The number of nitrogens with zero attached hydrogens (tertiary/aromatic N) is 1. The van der Waals surface area contributed by atoms with Crippen LogP contribution in [0, 0.1) is 0 Å². The number of ether oxygens (including phenoxy) is 1. The first-order valence-corrected chi connectivity index (χ1v) is 11.1. The van der Waals surface area contributed by atoms with Crippen LogP contribution in [0.2, 0.25) is 0 Å². The van der Waals surface area contributed by atoms with Gasteiger partial charge < -0.3 is 19.9 Å². The number of carbonyl (C=O) groups is 2. The van der Waals surface area contributed by atoms with Crippen molar-refractivity contribution in [1.29, 1.82) is 0 Å². The van der Waals surface area contributed by atoms with Crippen molar-refractivity contribution in [1.82, 2.24) is 15.2 Å². The highest BCUT2D eigenvalue weighted by molar-refractivity contribution is 5.99. The van der Waals surface area contributed by atoms with Gasteiger partial charge in [0, 0.05) is 32.0 Å². The molecule has 2 heterocycles. The van der Waals surface area contributed by atoms with Crippen molar-refractivity contribution in [2.24, 2.45) is 0 Å². The van der Waals surface area contributed by atoms with E-state index < -0.39 is 17.2 Å². The summed E-state index contributed by atoms with van der Waals surface area (Å²) in [7, 11) is 0. The molecule has 1 aromatic heterocycles. The van der Waals surface area contributed by atoms with E-state index in [9.17, 15) is 14.4 Å². The molecule has 0 aliphatic carbocycles. The van der Waals surface area contributed by atoms with Gasteiger partial charge in [0.05, 0.1) is 6.61 Å². The summed E-state index contributed by atoms with van der Waals surface area (Å²) in [5.74, 6) is -1.02. The Morgan fingerprint density at radius 1 is 0.970 bits per heavy atom. The van der Waals surface area contributed by atoms with Gasteiger partial charge in [-0.3, -0.25) is 14.4 Å². The third-order valence-electron chi connectivity index (χ3n) is 5.65. The number of benzene rings is 2. The molecule has 170 valence electrons. The Bertz CT molecular complexity index is 1200. The van der Waals surface area contributed by atoms with Crippen molar-refractivity contribution in [2.45, 2.75) is 26.0 Å². The maximum atomic E-state index is 13.0. The Morgan fingerprint density at radius 3 is 2.36 bits per heavy atom. The average molecular weight is 446 g/mol. The molecule has 0 unspecified atom stereocenters. The minimum absolute atomic E-state index is 0.0558. The number of rotatable bonds is 7. The van der Waals surface area contributed by atoms with E-state index in [-0.39, 0.29) is 23.8 Å². The number of hydrogen-bond donors (Lipinski definition) is 2. The van der Waals surface area contributed by atoms with Crippen molar-refractivity contribution in [2.75, 3.05) is 19.7 Å². The van der Waals surface area contributed by atoms with Crippen LogP contribution in [0.5, 0.6) is 0 Å². The molecule has 0 spiro atoms. The van der Waals surface area contributed by atoms with Crippen LogP contribution in [-0.2, 0) is 17.7 Å². The molecule has 7 nitrogen and oxygen atoms in total. The van der Waals surface area contributed by atoms with Gasteiger partial charge in [-0.05, 0) is 30.0 Å². The summed E-state index contributed by atoms with van der Waals surface area (Å²) < 4.78 is 7.55.